The number of esters is 1. The fourth-order valence-corrected chi connectivity index (χ4v) is 1.37. The molecule has 0 amide bonds. The minimum atomic E-state index is -0.649. The minimum Gasteiger partial charge on any atom is -0.491 e. The molecule has 1 aromatic carbocycles. The summed E-state index contributed by atoms with van der Waals surface area (Å²) in [6.07, 6.45) is 0.424. The van der Waals surface area contributed by atoms with E-state index in [1.807, 2.05) is 12.1 Å². The highest BCUT2D eigenvalue weighted by molar-refractivity contribution is 5.75. The van der Waals surface area contributed by atoms with Crippen LogP contribution in [0.2, 0.25) is 0 Å². The lowest BCUT2D eigenvalue weighted by Crippen LogP contribution is -2.33. The van der Waals surface area contributed by atoms with Gasteiger partial charge in [-0.25, -0.2) is 0 Å². The van der Waals surface area contributed by atoms with Crippen molar-refractivity contribution < 1.29 is 19.4 Å². The standard InChI is InChI=1S/C12H17NO4/c1-16-12(15)11(13)8-9-2-4-10(5-3-9)17-7-6-14/h2-5,11,14H,6-8,13H2,1H3/t11-/m0/s1. The van der Waals surface area contributed by atoms with Crippen LogP contribution in [-0.4, -0.2) is 37.4 Å². The van der Waals surface area contributed by atoms with Crippen molar-refractivity contribution in [3.05, 3.63) is 29.8 Å². The molecule has 0 spiro atoms. The molecule has 0 aliphatic heterocycles. The van der Waals surface area contributed by atoms with Gasteiger partial charge in [0, 0.05) is 0 Å². The number of ether oxygens (including phenoxy) is 2. The van der Waals surface area contributed by atoms with Gasteiger partial charge < -0.3 is 20.3 Å². The van der Waals surface area contributed by atoms with E-state index in [4.69, 9.17) is 15.6 Å². The average Bonchev–Trinajstić information content (AvgIpc) is 2.37. The predicted molar refractivity (Wildman–Crippen MR) is 62.7 cm³/mol. The summed E-state index contributed by atoms with van der Waals surface area (Å²) in [6.45, 7) is 0.246. The number of hydrogen-bond donors (Lipinski definition) is 2. The Labute approximate surface area is 100 Å². The molecule has 5 heteroatoms. The maximum absolute atomic E-state index is 11.1. The molecule has 0 fully saturated rings. The molecular weight excluding hydrogens is 222 g/mol. The maximum atomic E-state index is 11.1. The molecule has 0 bridgehead atoms. The molecule has 0 heterocycles. The lowest BCUT2D eigenvalue weighted by atomic mass is 10.1. The highest BCUT2D eigenvalue weighted by Crippen LogP contribution is 2.13. The fourth-order valence-electron chi connectivity index (χ4n) is 1.37. The van der Waals surface area contributed by atoms with E-state index in [0.717, 1.165) is 5.56 Å². The Morgan fingerprint density at radius 3 is 2.59 bits per heavy atom. The molecular formula is C12H17NO4. The van der Waals surface area contributed by atoms with E-state index in [2.05, 4.69) is 4.74 Å². The number of carbonyl (C=O) groups excluding carboxylic acids is 1. The first-order chi connectivity index (χ1) is 8.17. The summed E-state index contributed by atoms with van der Waals surface area (Å²) in [5.74, 6) is 0.250. The second-order valence-corrected chi connectivity index (χ2v) is 3.55. The molecule has 0 radical (unpaired) electrons. The van der Waals surface area contributed by atoms with E-state index >= 15 is 0 Å². The Morgan fingerprint density at radius 1 is 1.41 bits per heavy atom. The Morgan fingerprint density at radius 2 is 2.06 bits per heavy atom. The Balaban J connectivity index is 2.53. The van der Waals surface area contributed by atoms with Gasteiger partial charge in [0.1, 0.15) is 18.4 Å². The van der Waals surface area contributed by atoms with Gasteiger partial charge in [0.15, 0.2) is 0 Å². The third-order valence-corrected chi connectivity index (χ3v) is 2.24. The van der Waals surface area contributed by atoms with Gasteiger partial charge in [0.25, 0.3) is 0 Å². The molecule has 0 aliphatic rings. The number of rotatable bonds is 6. The lowest BCUT2D eigenvalue weighted by Gasteiger charge is -2.10. The molecule has 0 saturated heterocycles. The quantitative estimate of drug-likeness (QED) is 0.688. The van der Waals surface area contributed by atoms with Crippen molar-refractivity contribution in [1.29, 1.82) is 0 Å². The molecule has 0 saturated carbocycles. The van der Waals surface area contributed by atoms with E-state index in [0.29, 0.717) is 12.2 Å². The molecule has 0 aromatic heterocycles. The third kappa shape index (κ3) is 4.42. The summed E-state index contributed by atoms with van der Waals surface area (Å²) in [5, 5.41) is 8.60. The zero-order valence-corrected chi connectivity index (χ0v) is 9.76. The Kier molecular flexibility index (Phi) is 5.45. The van der Waals surface area contributed by atoms with E-state index < -0.39 is 12.0 Å². The van der Waals surface area contributed by atoms with Crippen molar-refractivity contribution in [3.63, 3.8) is 0 Å². The second-order valence-electron chi connectivity index (χ2n) is 3.55. The predicted octanol–water partition coefficient (Wildman–Crippen LogP) is 0.100. The van der Waals surface area contributed by atoms with Crippen molar-refractivity contribution in [2.45, 2.75) is 12.5 Å². The van der Waals surface area contributed by atoms with Gasteiger partial charge in [-0.15, -0.1) is 0 Å². The summed E-state index contributed by atoms with van der Waals surface area (Å²) in [7, 11) is 1.31. The highest BCUT2D eigenvalue weighted by atomic mass is 16.5. The van der Waals surface area contributed by atoms with Crippen LogP contribution in [0.4, 0.5) is 0 Å². The number of nitrogens with two attached hydrogens (primary N) is 1. The first-order valence-corrected chi connectivity index (χ1v) is 5.33. The molecule has 5 nitrogen and oxygen atoms in total. The summed E-state index contributed by atoms with van der Waals surface area (Å²) in [4.78, 5) is 11.1. The first-order valence-electron chi connectivity index (χ1n) is 5.33. The topological polar surface area (TPSA) is 81.8 Å². The first kappa shape index (κ1) is 13.5. The van der Waals surface area contributed by atoms with Gasteiger partial charge in [-0.3, -0.25) is 4.79 Å². The number of hydrogen-bond acceptors (Lipinski definition) is 5. The zero-order chi connectivity index (χ0) is 12.7. The zero-order valence-electron chi connectivity index (χ0n) is 9.76. The molecule has 1 aromatic rings. The van der Waals surface area contributed by atoms with Crippen LogP contribution in [-0.2, 0) is 16.0 Å². The molecule has 1 rings (SSSR count). The van der Waals surface area contributed by atoms with Gasteiger partial charge in [0.05, 0.1) is 13.7 Å². The van der Waals surface area contributed by atoms with E-state index in [1.165, 1.54) is 7.11 Å². The summed E-state index contributed by atoms with van der Waals surface area (Å²) >= 11 is 0. The highest BCUT2D eigenvalue weighted by Gasteiger charge is 2.13. The molecule has 1 atom stereocenters. The monoisotopic (exact) mass is 239 g/mol. The van der Waals surface area contributed by atoms with E-state index in [-0.39, 0.29) is 13.2 Å². The number of benzene rings is 1. The summed E-state index contributed by atoms with van der Waals surface area (Å²) < 4.78 is 9.76. The number of aliphatic hydroxyl groups is 1. The molecule has 17 heavy (non-hydrogen) atoms. The minimum absolute atomic E-state index is 0.0189. The molecule has 0 aliphatic carbocycles. The van der Waals surface area contributed by atoms with Crippen LogP contribution in [0.1, 0.15) is 5.56 Å². The normalized spacial score (nSPS) is 11.9. The van der Waals surface area contributed by atoms with Crippen molar-refractivity contribution in [2.24, 2.45) is 5.73 Å². The van der Waals surface area contributed by atoms with Gasteiger partial charge in [-0.1, -0.05) is 12.1 Å². The lowest BCUT2D eigenvalue weighted by molar-refractivity contribution is -0.142. The molecule has 0 unspecified atom stereocenters. The van der Waals surface area contributed by atoms with Crippen LogP contribution in [0.3, 0.4) is 0 Å². The summed E-state index contributed by atoms with van der Waals surface area (Å²) in [6, 6.07) is 6.55. The summed E-state index contributed by atoms with van der Waals surface area (Å²) in [5.41, 5.74) is 6.57. The van der Waals surface area contributed by atoms with Gasteiger partial charge in [-0.2, -0.15) is 0 Å². The van der Waals surface area contributed by atoms with Gasteiger partial charge >= 0.3 is 5.97 Å². The maximum Gasteiger partial charge on any atom is 0.322 e. The number of aliphatic hydroxyl groups excluding tert-OH is 1. The smallest absolute Gasteiger partial charge is 0.322 e. The van der Waals surface area contributed by atoms with Crippen LogP contribution in [0.15, 0.2) is 24.3 Å². The van der Waals surface area contributed by atoms with Gasteiger partial charge in [0.2, 0.25) is 0 Å². The van der Waals surface area contributed by atoms with E-state index in [1.54, 1.807) is 12.1 Å². The van der Waals surface area contributed by atoms with Crippen LogP contribution in [0, 0.1) is 0 Å². The van der Waals surface area contributed by atoms with Crippen molar-refractivity contribution in [3.8, 4) is 5.75 Å². The second kappa shape index (κ2) is 6.88. The Bertz CT molecular complexity index is 350. The van der Waals surface area contributed by atoms with Crippen LogP contribution in [0.25, 0.3) is 0 Å². The largest absolute Gasteiger partial charge is 0.491 e. The molecule has 94 valence electrons. The SMILES string of the molecule is COC(=O)[C@@H](N)Cc1ccc(OCCO)cc1. The van der Waals surface area contributed by atoms with Crippen LogP contribution < -0.4 is 10.5 Å². The third-order valence-electron chi connectivity index (χ3n) is 2.24. The van der Waals surface area contributed by atoms with Crippen molar-refractivity contribution >= 4 is 5.97 Å². The van der Waals surface area contributed by atoms with E-state index in [9.17, 15) is 4.79 Å². The average molecular weight is 239 g/mol. The van der Waals surface area contributed by atoms with Crippen LogP contribution in [0.5, 0.6) is 5.75 Å². The Hall–Kier alpha value is -1.59. The van der Waals surface area contributed by atoms with Crippen LogP contribution >= 0.6 is 0 Å². The number of carbonyl (C=O) groups is 1. The van der Waals surface area contributed by atoms with Gasteiger partial charge in [-0.05, 0) is 24.1 Å². The number of methoxy groups -OCH3 is 1. The van der Waals surface area contributed by atoms with Crippen molar-refractivity contribution in [1.82, 2.24) is 0 Å². The molecule has 3 N–H and O–H groups in total. The fraction of sp³-hybridized carbons (Fsp3) is 0.417. The van der Waals surface area contributed by atoms with Crippen molar-refractivity contribution in [2.75, 3.05) is 20.3 Å².